The third-order valence-corrected chi connectivity index (χ3v) is 2.84. The molecule has 4 N–H and O–H groups in total. The average Bonchev–Trinajstić information content (AvgIpc) is 2.30. The van der Waals surface area contributed by atoms with Gasteiger partial charge in [0.1, 0.15) is 6.04 Å². The molecule has 0 aromatic heterocycles. The standard InChI is InChI=1S/C10H20N2O4S/c1-16-5-3-7(11)9(13)12-8(10(14)15)4-6-17-2/h7-8H,3-6,11H2,1-2H3,(H,12,13)(H,14,15)/t7?,8-/m0/s1. The molecule has 0 spiro atoms. The summed E-state index contributed by atoms with van der Waals surface area (Å²) in [5.74, 6) is -0.813. The van der Waals surface area contributed by atoms with Gasteiger partial charge in [-0.2, -0.15) is 11.8 Å². The number of amides is 1. The van der Waals surface area contributed by atoms with Gasteiger partial charge in [0.2, 0.25) is 5.91 Å². The van der Waals surface area contributed by atoms with Gasteiger partial charge in [0.15, 0.2) is 0 Å². The van der Waals surface area contributed by atoms with Crippen LogP contribution in [0.3, 0.4) is 0 Å². The number of methoxy groups -OCH3 is 1. The van der Waals surface area contributed by atoms with Gasteiger partial charge in [0, 0.05) is 13.7 Å². The van der Waals surface area contributed by atoms with Crippen LogP contribution in [-0.2, 0) is 14.3 Å². The fraction of sp³-hybridized carbons (Fsp3) is 0.800. The summed E-state index contributed by atoms with van der Waals surface area (Å²) >= 11 is 1.53. The van der Waals surface area contributed by atoms with E-state index in [1.807, 2.05) is 6.26 Å². The van der Waals surface area contributed by atoms with Crippen molar-refractivity contribution in [2.24, 2.45) is 5.73 Å². The molecular weight excluding hydrogens is 244 g/mol. The van der Waals surface area contributed by atoms with Crippen LogP contribution in [0.4, 0.5) is 0 Å². The Morgan fingerprint density at radius 3 is 2.59 bits per heavy atom. The lowest BCUT2D eigenvalue weighted by Crippen LogP contribution is -2.48. The largest absolute Gasteiger partial charge is 0.480 e. The van der Waals surface area contributed by atoms with Crippen molar-refractivity contribution in [1.82, 2.24) is 5.32 Å². The quantitative estimate of drug-likeness (QED) is 0.527. The lowest BCUT2D eigenvalue weighted by atomic mass is 10.1. The Bertz CT molecular complexity index is 250. The monoisotopic (exact) mass is 264 g/mol. The van der Waals surface area contributed by atoms with Crippen molar-refractivity contribution >= 4 is 23.6 Å². The van der Waals surface area contributed by atoms with Crippen LogP contribution in [0.5, 0.6) is 0 Å². The second kappa shape index (κ2) is 9.26. The van der Waals surface area contributed by atoms with Gasteiger partial charge in [-0.15, -0.1) is 0 Å². The maximum Gasteiger partial charge on any atom is 0.326 e. The number of carboxylic acids is 1. The number of ether oxygens (including phenoxy) is 1. The minimum Gasteiger partial charge on any atom is -0.480 e. The third-order valence-electron chi connectivity index (χ3n) is 2.19. The van der Waals surface area contributed by atoms with Crippen LogP contribution in [0.2, 0.25) is 0 Å². The molecule has 0 bridgehead atoms. The van der Waals surface area contributed by atoms with Gasteiger partial charge in [0.25, 0.3) is 0 Å². The fourth-order valence-corrected chi connectivity index (χ4v) is 1.62. The molecule has 100 valence electrons. The molecule has 0 heterocycles. The molecule has 1 unspecified atom stereocenters. The predicted octanol–water partition coefficient (Wildman–Crippen LogP) is -0.327. The highest BCUT2D eigenvalue weighted by molar-refractivity contribution is 7.98. The van der Waals surface area contributed by atoms with E-state index in [2.05, 4.69) is 5.32 Å². The van der Waals surface area contributed by atoms with E-state index in [9.17, 15) is 9.59 Å². The number of nitrogens with one attached hydrogen (secondary N) is 1. The van der Waals surface area contributed by atoms with Crippen LogP contribution >= 0.6 is 11.8 Å². The summed E-state index contributed by atoms with van der Waals surface area (Å²) in [6, 6.07) is -1.60. The van der Waals surface area contributed by atoms with Crippen LogP contribution in [0.15, 0.2) is 0 Å². The topological polar surface area (TPSA) is 102 Å². The van der Waals surface area contributed by atoms with Crippen LogP contribution in [-0.4, -0.2) is 54.8 Å². The molecule has 0 aliphatic carbocycles. The maximum absolute atomic E-state index is 11.6. The Labute approximate surface area is 105 Å². The first kappa shape index (κ1) is 16.2. The number of carboxylic acid groups (broad SMARTS) is 1. The molecule has 6 nitrogen and oxygen atoms in total. The van der Waals surface area contributed by atoms with Crippen LogP contribution in [0.25, 0.3) is 0 Å². The highest BCUT2D eigenvalue weighted by atomic mass is 32.2. The number of carbonyl (C=O) groups excluding carboxylic acids is 1. The Morgan fingerprint density at radius 2 is 2.12 bits per heavy atom. The maximum atomic E-state index is 11.6. The molecule has 0 aliphatic heterocycles. The molecule has 0 aromatic rings. The molecule has 17 heavy (non-hydrogen) atoms. The van der Waals surface area contributed by atoms with Gasteiger partial charge in [0.05, 0.1) is 6.04 Å². The molecule has 1 amide bonds. The van der Waals surface area contributed by atoms with E-state index in [0.717, 1.165) is 0 Å². The van der Waals surface area contributed by atoms with Crippen molar-refractivity contribution in [2.75, 3.05) is 25.7 Å². The van der Waals surface area contributed by atoms with Crippen LogP contribution in [0.1, 0.15) is 12.8 Å². The molecule has 0 aliphatic rings. The van der Waals surface area contributed by atoms with Crippen molar-refractivity contribution in [3.8, 4) is 0 Å². The second-order valence-corrected chi connectivity index (χ2v) is 4.55. The molecular formula is C10H20N2O4S. The molecule has 0 saturated carbocycles. The van der Waals surface area contributed by atoms with Gasteiger partial charge in [-0.05, 0) is 24.9 Å². The number of hydrogen-bond acceptors (Lipinski definition) is 5. The van der Waals surface area contributed by atoms with Crippen molar-refractivity contribution in [3.63, 3.8) is 0 Å². The van der Waals surface area contributed by atoms with E-state index in [1.54, 1.807) is 0 Å². The van der Waals surface area contributed by atoms with E-state index >= 15 is 0 Å². The molecule has 0 rings (SSSR count). The van der Waals surface area contributed by atoms with Crippen molar-refractivity contribution in [1.29, 1.82) is 0 Å². The lowest BCUT2D eigenvalue weighted by Gasteiger charge is -2.17. The smallest absolute Gasteiger partial charge is 0.326 e. The summed E-state index contributed by atoms with van der Waals surface area (Å²) in [4.78, 5) is 22.5. The van der Waals surface area contributed by atoms with E-state index in [1.165, 1.54) is 18.9 Å². The summed E-state index contributed by atoms with van der Waals surface area (Å²) in [6.07, 6.45) is 2.64. The summed E-state index contributed by atoms with van der Waals surface area (Å²) in [7, 11) is 1.52. The van der Waals surface area contributed by atoms with E-state index in [-0.39, 0.29) is 0 Å². The summed E-state index contributed by atoms with van der Waals surface area (Å²) in [6.45, 7) is 0.372. The fourth-order valence-electron chi connectivity index (χ4n) is 1.15. The predicted molar refractivity (Wildman–Crippen MR) is 67.0 cm³/mol. The zero-order chi connectivity index (χ0) is 13.3. The zero-order valence-electron chi connectivity index (χ0n) is 10.1. The Kier molecular flexibility index (Phi) is 8.83. The van der Waals surface area contributed by atoms with Gasteiger partial charge in [-0.3, -0.25) is 4.79 Å². The number of rotatable bonds is 9. The normalized spacial score (nSPS) is 14.1. The second-order valence-electron chi connectivity index (χ2n) is 3.57. The number of hydrogen-bond donors (Lipinski definition) is 3. The van der Waals surface area contributed by atoms with Crippen molar-refractivity contribution in [3.05, 3.63) is 0 Å². The van der Waals surface area contributed by atoms with Crippen LogP contribution in [0, 0.1) is 0 Å². The molecule has 0 radical (unpaired) electrons. The number of thioether (sulfide) groups is 1. The van der Waals surface area contributed by atoms with Crippen molar-refractivity contribution < 1.29 is 19.4 Å². The highest BCUT2D eigenvalue weighted by Gasteiger charge is 2.22. The first-order valence-electron chi connectivity index (χ1n) is 5.29. The Balaban J connectivity index is 4.15. The number of aliphatic carboxylic acids is 1. The molecule has 0 fully saturated rings. The first-order chi connectivity index (χ1) is 8.02. The zero-order valence-corrected chi connectivity index (χ0v) is 11.0. The molecule has 2 atom stereocenters. The third kappa shape index (κ3) is 7.19. The lowest BCUT2D eigenvalue weighted by molar-refractivity contribution is -0.142. The van der Waals surface area contributed by atoms with Gasteiger partial charge >= 0.3 is 5.97 Å². The number of carbonyl (C=O) groups is 2. The SMILES string of the molecule is COCCC(N)C(=O)N[C@@H](CCSC)C(=O)O. The summed E-state index contributed by atoms with van der Waals surface area (Å²) in [5, 5.41) is 11.3. The molecule has 7 heteroatoms. The first-order valence-corrected chi connectivity index (χ1v) is 6.69. The minimum atomic E-state index is -1.04. The summed E-state index contributed by atoms with van der Waals surface area (Å²) < 4.78 is 4.80. The Morgan fingerprint density at radius 1 is 1.47 bits per heavy atom. The van der Waals surface area contributed by atoms with Crippen molar-refractivity contribution in [2.45, 2.75) is 24.9 Å². The minimum absolute atomic E-state index is 0.372. The van der Waals surface area contributed by atoms with Crippen LogP contribution < -0.4 is 11.1 Å². The number of nitrogens with two attached hydrogens (primary N) is 1. The highest BCUT2D eigenvalue weighted by Crippen LogP contribution is 2.02. The summed E-state index contributed by atoms with van der Waals surface area (Å²) in [5.41, 5.74) is 5.59. The van der Waals surface area contributed by atoms with E-state index in [4.69, 9.17) is 15.6 Å². The van der Waals surface area contributed by atoms with E-state index < -0.39 is 24.0 Å². The van der Waals surface area contributed by atoms with E-state index in [0.29, 0.717) is 25.2 Å². The Hall–Kier alpha value is -0.790. The van der Waals surface area contributed by atoms with Gasteiger partial charge in [-0.25, -0.2) is 4.79 Å². The molecule has 0 aromatic carbocycles. The van der Waals surface area contributed by atoms with Gasteiger partial charge in [-0.1, -0.05) is 0 Å². The average molecular weight is 264 g/mol. The molecule has 0 saturated heterocycles. The van der Waals surface area contributed by atoms with Gasteiger partial charge < -0.3 is 20.9 Å².